The average molecular weight is 273 g/mol. The molecule has 3 heteroatoms. The van der Waals surface area contributed by atoms with Crippen LogP contribution in [0.2, 0.25) is 0 Å². The van der Waals surface area contributed by atoms with Crippen LogP contribution < -0.4 is 0 Å². The summed E-state index contributed by atoms with van der Waals surface area (Å²) in [7, 11) is 0. The van der Waals surface area contributed by atoms with Crippen molar-refractivity contribution >= 4 is 12.0 Å². The molecule has 1 amide bonds. The normalized spacial score (nSPS) is 19.5. The molecule has 1 aromatic rings. The molecule has 108 valence electrons. The third kappa shape index (κ3) is 3.70. The lowest BCUT2D eigenvalue weighted by Crippen LogP contribution is -2.43. The molecule has 2 rings (SSSR count). The van der Waals surface area contributed by atoms with E-state index in [2.05, 4.69) is 0 Å². The second-order valence-corrected chi connectivity index (χ2v) is 5.38. The third-order valence-electron chi connectivity index (χ3n) is 3.97. The van der Waals surface area contributed by atoms with Crippen molar-refractivity contribution in [1.29, 1.82) is 0 Å². The first-order valence-electron chi connectivity index (χ1n) is 7.37. The number of rotatable bonds is 4. The Morgan fingerprint density at radius 1 is 1.40 bits per heavy atom. The van der Waals surface area contributed by atoms with Crippen molar-refractivity contribution in [3.8, 4) is 0 Å². The van der Waals surface area contributed by atoms with E-state index in [1.165, 1.54) is 5.56 Å². The maximum Gasteiger partial charge on any atom is 0.246 e. The largest absolute Gasteiger partial charge is 0.396 e. The van der Waals surface area contributed by atoms with Crippen LogP contribution in [-0.4, -0.2) is 35.1 Å². The standard InChI is InChI=1S/C17H23NO2/c1-14-6-2-3-7-15(14)9-10-17(20)18-12-5-4-8-16(18)11-13-19/h2-3,6-7,9-10,16,19H,4-5,8,11-13H2,1H3/b10-9+. The van der Waals surface area contributed by atoms with E-state index in [-0.39, 0.29) is 18.6 Å². The smallest absolute Gasteiger partial charge is 0.246 e. The Hall–Kier alpha value is -1.61. The summed E-state index contributed by atoms with van der Waals surface area (Å²) in [5.74, 6) is 0.0615. The highest BCUT2D eigenvalue weighted by molar-refractivity contribution is 5.92. The molecule has 1 heterocycles. The van der Waals surface area contributed by atoms with Gasteiger partial charge in [-0.2, -0.15) is 0 Å². The molecule has 0 aliphatic carbocycles. The third-order valence-corrected chi connectivity index (χ3v) is 3.97. The molecule has 1 N–H and O–H groups in total. The van der Waals surface area contributed by atoms with Crippen molar-refractivity contribution in [2.45, 2.75) is 38.6 Å². The van der Waals surface area contributed by atoms with Crippen LogP contribution in [0.25, 0.3) is 6.08 Å². The van der Waals surface area contributed by atoms with Crippen molar-refractivity contribution in [1.82, 2.24) is 4.90 Å². The molecule has 3 nitrogen and oxygen atoms in total. The molecule has 1 aliphatic heterocycles. The van der Waals surface area contributed by atoms with E-state index in [0.29, 0.717) is 6.42 Å². The van der Waals surface area contributed by atoms with Gasteiger partial charge in [0.1, 0.15) is 0 Å². The van der Waals surface area contributed by atoms with Gasteiger partial charge in [0.05, 0.1) is 0 Å². The fraction of sp³-hybridized carbons (Fsp3) is 0.471. The number of aryl methyl sites for hydroxylation is 1. The number of carbonyl (C=O) groups excluding carboxylic acids is 1. The molecule has 0 aromatic heterocycles. The van der Waals surface area contributed by atoms with Crippen molar-refractivity contribution in [2.75, 3.05) is 13.2 Å². The fourth-order valence-electron chi connectivity index (χ4n) is 2.77. The van der Waals surface area contributed by atoms with Gasteiger partial charge in [-0.1, -0.05) is 24.3 Å². The molecular formula is C17H23NO2. The van der Waals surface area contributed by atoms with E-state index in [0.717, 1.165) is 31.4 Å². The van der Waals surface area contributed by atoms with Gasteiger partial charge in [-0.25, -0.2) is 0 Å². The molecule has 20 heavy (non-hydrogen) atoms. The summed E-state index contributed by atoms with van der Waals surface area (Å²) in [4.78, 5) is 14.2. The number of hydrogen-bond acceptors (Lipinski definition) is 2. The Balaban J connectivity index is 2.04. The zero-order valence-corrected chi connectivity index (χ0v) is 12.1. The Kier molecular flexibility index (Phi) is 5.36. The summed E-state index contributed by atoms with van der Waals surface area (Å²) in [5.41, 5.74) is 2.25. The van der Waals surface area contributed by atoms with Gasteiger partial charge in [0, 0.05) is 25.3 Å². The summed E-state index contributed by atoms with van der Waals surface area (Å²) in [5, 5.41) is 9.11. The lowest BCUT2D eigenvalue weighted by atomic mass is 9.99. The van der Waals surface area contributed by atoms with Gasteiger partial charge in [-0.05, 0) is 49.8 Å². The van der Waals surface area contributed by atoms with Gasteiger partial charge in [0.2, 0.25) is 5.91 Å². The minimum absolute atomic E-state index is 0.0615. The van der Waals surface area contributed by atoms with Gasteiger partial charge in [0.15, 0.2) is 0 Å². The van der Waals surface area contributed by atoms with Crippen LogP contribution in [0.4, 0.5) is 0 Å². The first kappa shape index (κ1) is 14.8. The number of benzene rings is 1. The number of hydrogen-bond donors (Lipinski definition) is 1. The van der Waals surface area contributed by atoms with E-state index in [9.17, 15) is 4.79 Å². The lowest BCUT2D eigenvalue weighted by Gasteiger charge is -2.34. The van der Waals surface area contributed by atoms with Gasteiger partial charge >= 0.3 is 0 Å². The molecule has 0 bridgehead atoms. The Bertz CT molecular complexity index is 480. The second kappa shape index (κ2) is 7.25. The molecule has 1 atom stereocenters. The molecule has 1 unspecified atom stereocenters. The highest BCUT2D eigenvalue weighted by Crippen LogP contribution is 2.20. The Morgan fingerprint density at radius 2 is 2.20 bits per heavy atom. The topological polar surface area (TPSA) is 40.5 Å². The number of amides is 1. The summed E-state index contributed by atoms with van der Waals surface area (Å²) in [6.07, 6.45) is 7.45. The summed E-state index contributed by atoms with van der Waals surface area (Å²) in [6.45, 7) is 3.00. The van der Waals surface area contributed by atoms with Crippen LogP contribution in [-0.2, 0) is 4.79 Å². The Morgan fingerprint density at radius 3 is 2.95 bits per heavy atom. The first-order valence-corrected chi connectivity index (χ1v) is 7.37. The maximum absolute atomic E-state index is 12.3. The van der Waals surface area contributed by atoms with Gasteiger partial charge in [0.25, 0.3) is 0 Å². The zero-order valence-electron chi connectivity index (χ0n) is 12.1. The van der Waals surface area contributed by atoms with E-state index < -0.39 is 0 Å². The second-order valence-electron chi connectivity index (χ2n) is 5.38. The minimum atomic E-state index is 0.0615. The quantitative estimate of drug-likeness (QED) is 0.857. The summed E-state index contributed by atoms with van der Waals surface area (Å²) in [6, 6.07) is 8.23. The Labute approximate surface area is 120 Å². The average Bonchev–Trinajstić information content (AvgIpc) is 2.47. The highest BCUT2D eigenvalue weighted by Gasteiger charge is 2.24. The number of aliphatic hydroxyl groups excluding tert-OH is 1. The molecule has 0 radical (unpaired) electrons. The lowest BCUT2D eigenvalue weighted by molar-refractivity contribution is -0.129. The van der Waals surface area contributed by atoms with Crippen molar-refractivity contribution in [3.05, 3.63) is 41.5 Å². The molecule has 0 spiro atoms. The number of nitrogens with zero attached hydrogens (tertiary/aromatic N) is 1. The molecule has 0 saturated carbocycles. The van der Waals surface area contributed by atoms with Crippen LogP contribution in [0, 0.1) is 6.92 Å². The van der Waals surface area contributed by atoms with Crippen LogP contribution in [0.5, 0.6) is 0 Å². The van der Waals surface area contributed by atoms with E-state index in [1.54, 1.807) is 6.08 Å². The molecule has 1 aromatic carbocycles. The predicted molar refractivity (Wildman–Crippen MR) is 81.3 cm³/mol. The van der Waals surface area contributed by atoms with Gasteiger partial charge in [-0.15, -0.1) is 0 Å². The summed E-state index contributed by atoms with van der Waals surface area (Å²) >= 11 is 0. The van der Waals surface area contributed by atoms with Crippen LogP contribution >= 0.6 is 0 Å². The zero-order chi connectivity index (χ0) is 14.4. The fourth-order valence-corrected chi connectivity index (χ4v) is 2.77. The van der Waals surface area contributed by atoms with Gasteiger partial charge < -0.3 is 10.0 Å². The molecular weight excluding hydrogens is 250 g/mol. The van der Waals surface area contributed by atoms with Crippen LogP contribution in [0.15, 0.2) is 30.3 Å². The minimum Gasteiger partial charge on any atom is -0.396 e. The van der Waals surface area contributed by atoms with Crippen molar-refractivity contribution < 1.29 is 9.90 Å². The van der Waals surface area contributed by atoms with Crippen LogP contribution in [0.3, 0.4) is 0 Å². The van der Waals surface area contributed by atoms with E-state index in [4.69, 9.17) is 5.11 Å². The first-order chi connectivity index (χ1) is 9.72. The van der Waals surface area contributed by atoms with Crippen molar-refractivity contribution in [3.63, 3.8) is 0 Å². The number of piperidine rings is 1. The highest BCUT2D eigenvalue weighted by atomic mass is 16.3. The summed E-state index contributed by atoms with van der Waals surface area (Å²) < 4.78 is 0. The molecule has 1 saturated heterocycles. The maximum atomic E-state index is 12.3. The van der Waals surface area contributed by atoms with E-state index >= 15 is 0 Å². The predicted octanol–water partition coefficient (Wildman–Crippen LogP) is 2.77. The van der Waals surface area contributed by atoms with Crippen LogP contribution in [0.1, 0.15) is 36.8 Å². The number of aliphatic hydroxyl groups is 1. The molecule has 1 fully saturated rings. The SMILES string of the molecule is Cc1ccccc1/C=C/C(=O)N1CCCCC1CCO. The number of carbonyl (C=O) groups is 1. The monoisotopic (exact) mass is 273 g/mol. The molecule has 1 aliphatic rings. The van der Waals surface area contributed by atoms with E-state index in [1.807, 2.05) is 42.2 Å². The van der Waals surface area contributed by atoms with Gasteiger partial charge in [-0.3, -0.25) is 4.79 Å². The number of likely N-dealkylation sites (tertiary alicyclic amines) is 1. The van der Waals surface area contributed by atoms with Crippen molar-refractivity contribution in [2.24, 2.45) is 0 Å².